The molecule has 0 heterocycles. The van der Waals surface area contributed by atoms with Crippen LogP contribution in [0.3, 0.4) is 0 Å². The zero-order valence-electron chi connectivity index (χ0n) is 17.7. The molecule has 5 heteroatoms. The van der Waals surface area contributed by atoms with Crippen molar-refractivity contribution >= 4 is 17.5 Å². The van der Waals surface area contributed by atoms with E-state index in [0.717, 1.165) is 31.3 Å². The normalized spacial score (nSPS) is 15.2. The van der Waals surface area contributed by atoms with Crippen molar-refractivity contribution in [1.82, 2.24) is 0 Å². The Morgan fingerprint density at radius 1 is 1.04 bits per heavy atom. The third-order valence-electron chi connectivity index (χ3n) is 4.74. The van der Waals surface area contributed by atoms with Crippen molar-refractivity contribution in [3.8, 4) is 0 Å². The van der Waals surface area contributed by atoms with Gasteiger partial charge in [0.2, 0.25) is 11.6 Å². The largest absolute Gasteiger partial charge is 0.504 e. The van der Waals surface area contributed by atoms with E-state index in [2.05, 4.69) is 6.08 Å². The number of hydrogen-bond acceptors (Lipinski definition) is 5. The van der Waals surface area contributed by atoms with Crippen molar-refractivity contribution in [1.29, 1.82) is 0 Å². The standard InChI is InChI=1S/C23H32O5/c1-6-7-8-12-17-19(23(27)28-5)20(24)18(22(26)21(17)25)14-13-16(4)11-9-10-15(2)3/h10,13,26H,6-9,11-12,14H2,1-5H3/b16-13+. The van der Waals surface area contributed by atoms with Crippen LogP contribution < -0.4 is 0 Å². The number of aliphatic hydroxyl groups excluding tert-OH is 1. The molecule has 0 aromatic rings. The second kappa shape index (κ2) is 11.4. The number of esters is 1. The van der Waals surface area contributed by atoms with Gasteiger partial charge in [-0.05, 0) is 52.9 Å². The van der Waals surface area contributed by atoms with E-state index < -0.39 is 23.3 Å². The van der Waals surface area contributed by atoms with Gasteiger partial charge in [0, 0.05) is 11.1 Å². The Morgan fingerprint density at radius 2 is 1.71 bits per heavy atom. The molecule has 1 N–H and O–H groups in total. The Balaban J connectivity index is 3.09. The number of hydrogen-bond donors (Lipinski definition) is 1. The lowest BCUT2D eigenvalue weighted by atomic mass is 9.84. The fraction of sp³-hybridized carbons (Fsp3) is 0.522. The highest BCUT2D eigenvalue weighted by molar-refractivity contribution is 6.33. The number of rotatable bonds is 10. The van der Waals surface area contributed by atoms with E-state index >= 15 is 0 Å². The molecule has 0 spiro atoms. The minimum absolute atomic E-state index is 0.0359. The number of ketones is 2. The summed E-state index contributed by atoms with van der Waals surface area (Å²) in [6.07, 6.45) is 8.52. The molecule has 0 amide bonds. The molecule has 1 aliphatic carbocycles. The molecule has 5 nitrogen and oxygen atoms in total. The van der Waals surface area contributed by atoms with Crippen LogP contribution in [0, 0.1) is 0 Å². The first-order valence-electron chi connectivity index (χ1n) is 9.86. The van der Waals surface area contributed by atoms with E-state index in [-0.39, 0.29) is 29.6 Å². The van der Waals surface area contributed by atoms with Crippen LogP contribution in [0.1, 0.15) is 72.6 Å². The summed E-state index contributed by atoms with van der Waals surface area (Å²) in [4.78, 5) is 37.7. The van der Waals surface area contributed by atoms with E-state index in [9.17, 15) is 19.5 Å². The minimum Gasteiger partial charge on any atom is -0.504 e. The van der Waals surface area contributed by atoms with Crippen LogP contribution in [-0.2, 0) is 19.1 Å². The average Bonchev–Trinajstić information content (AvgIpc) is 2.65. The van der Waals surface area contributed by atoms with Crippen LogP contribution in [0.5, 0.6) is 0 Å². The summed E-state index contributed by atoms with van der Waals surface area (Å²) in [6, 6.07) is 0. The maximum atomic E-state index is 12.9. The molecule has 28 heavy (non-hydrogen) atoms. The summed E-state index contributed by atoms with van der Waals surface area (Å²) in [5.74, 6) is -2.61. The van der Waals surface area contributed by atoms with Crippen molar-refractivity contribution in [2.24, 2.45) is 0 Å². The molecule has 0 aromatic carbocycles. The summed E-state index contributed by atoms with van der Waals surface area (Å²) in [5, 5.41) is 10.4. The molecule has 0 bridgehead atoms. The van der Waals surface area contributed by atoms with Crippen LogP contribution in [0.2, 0.25) is 0 Å². The van der Waals surface area contributed by atoms with Gasteiger partial charge in [0.1, 0.15) is 5.57 Å². The topological polar surface area (TPSA) is 80.7 Å². The Labute approximate surface area is 167 Å². The fourth-order valence-corrected chi connectivity index (χ4v) is 3.05. The lowest BCUT2D eigenvalue weighted by Crippen LogP contribution is -2.29. The molecule has 0 fully saturated rings. The van der Waals surface area contributed by atoms with Crippen molar-refractivity contribution < 1.29 is 24.2 Å². The zero-order valence-corrected chi connectivity index (χ0v) is 17.7. The van der Waals surface area contributed by atoms with Gasteiger partial charge in [0.05, 0.1) is 7.11 Å². The van der Waals surface area contributed by atoms with Crippen LogP contribution in [-0.4, -0.2) is 29.8 Å². The average molecular weight is 389 g/mol. The smallest absolute Gasteiger partial charge is 0.342 e. The molecule has 1 aliphatic rings. The Kier molecular flexibility index (Phi) is 9.63. The van der Waals surface area contributed by atoms with Gasteiger partial charge in [0.25, 0.3) is 0 Å². The first kappa shape index (κ1) is 23.6. The molecule has 154 valence electrons. The molecule has 0 saturated heterocycles. The highest BCUT2D eigenvalue weighted by Crippen LogP contribution is 2.30. The van der Waals surface area contributed by atoms with E-state index in [0.29, 0.717) is 6.42 Å². The van der Waals surface area contributed by atoms with Gasteiger partial charge >= 0.3 is 5.97 Å². The van der Waals surface area contributed by atoms with E-state index in [1.807, 2.05) is 33.8 Å². The molecule has 1 rings (SSSR count). The molecule has 0 aromatic heterocycles. The maximum absolute atomic E-state index is 12.9. The highest BCUT2D eigenvalue weighted by atomic mass is 16.5. The second-order valence-corrected chi connectivity index (χ2v) is 7.36. The van der Waals surface area contributed by atoms with Gasteiger partial charge in [-0.2, -0.15) is 0 Å². The second-order valence-electron chi connectivity index (χ2n) is 7.36. The SMILES string of the molecule is CCCCCC1=C(C(=O)OC)C(=O)C(C/C=C(\C)CCC=C(C)C)=C(O)C1=O. The molecule has 0 atom stereocenters. The number of Topliss-reactive ketones (excluding diaryl/α,β-unsaturated/α-hetero) is 2. The van der Waals surface area contributed by atoms with E-state index in [1.165, 1.54) is 12.7 Å². The van der Waals surface area contributed by atoms with E-state index in [4.69, 9.17) is 4.74 Å². The summed E-state index contributed by atoms with van der Waals surface area (Å²) >= 11 is 0. The van der Waals surface area contributed by atoms with Gasteiger partial charge < -0.3 is 9.84 Å². The van der Waals surface area contributed by atoms with Gasteiger partial charge in [0.15, 0.2) is 5.76 Å². The molecular weight excluding hydrogens is 356 g/mol. The molecule has 0 aliphatic heterocycles. The van der Waals surface area contributed by atoms with Gasteiger partial charge in [-0.3, -0.25) is 9.59 Å². The van der Waals surface area contributed by atoms with Crippen molar-refractivity contribution in [2.75, 3.05) is 7.11 Å². The first-order chi connectivity index (χ1) is 13.2. The minimum atomic E-state index is -0.820. The number of carbonyl (C=O) groups excluding carboxylic acids is 3. The summed E-state index contributed by atoms with van der Waals surface area (Å²) in [6.45, 7) is 8.03. The number of aliphatic hydroxyl groups is 1. The quantitative estimate of drug-likeness (QED) is 0.185. The van der Waals surface area contributed by atoms with Crippen LogP contribution >= 0.6 is 0 Å². The van der Waals surface area contributed by atoms with Crippen LogP contribution in [0.4, 0.5) is 0 Å². The molecule has 0 radical (unpaired) electrons. The summed E-state index contributed by atoms with van der Waals surface area (Å²) in [5.41, 5.74) is 2.09. The first-order valence-corrected chi connectivity index (χ1v) is 9.86. The van der Waals surface area contributed by atoms with Gasteiger partial charge in [-0.25, -0.2) is 4.79 Å². The predicted octanol–water partition coefficient (Wildman–Crippen LogP) is 5.08. The molecule has 0 unspecified atom stereocenters. The van der Waals surface area contributed by atoms with Crippen LogP contribution in [0.25, 0.3) is 0 Å². The number of ether oxygens (including phenoxy) is 1. The third kappa shape index (κ3) is 6.32. The van der Waals surface area contributed by atoms with Crippen LogP contribution in [0.15, 0.2) is 45.8 Å². The van der Waals surface area contributed by atoms with Crippen molar-refractivity contribution in [3.05, 3.63) is 45.8 Å². The Morgan fingerprint density at radius 3 is 2.29 bits per heavy atom. The monoisotopic (exact) mass is 388 g/mol. The lowest BCUT2D eigenvalue weighted by molar-refractivity contribution is -0.138. The number of unbranched alkanes of at least 4 members (excludes halogenated alkanes) is 2. The third-order valence-corrected chi connectivity index (χ3v) is 4.74. The maximum Gasteiger partial charge on any atom is 0.342 e. The Hall–Kier alpha value is -2.43. The van der Waals surface area contributed by atoms with Gasteiger partial charge in [-0.15, -0.1) is 0 Å². The molecule has 0 saturated carbocycles. The van der Waals surface area contributed by atoms with E-state index in [1.54, 1.807) is 0 Å². The number of allylic oxidation sites excluding steroid dienone is 6. The number of carbonyl (C=O) groups is 3. The number of methoxy groups -OCH3 is 1. The summed E-state index contributed by atoms with van der Waals surface area (Å²) in [7, 11) is 1.18. The fourth-order valence-electron chi connectivity index (χ4n) is 3.05. The zero-order chi connectivity index (χ0) is 21.3. The van der Waals surface area contributed by atoms with Crippen molar-refractivity contribution in [3.63, 3.8) is 0 Å². The molecular formula is C23H32O5. The summed E-state index contributed by atoms with van der Waals surface area (Å²) < 4.78 is 4.73. The van der Waals surface area contributed by atoms with Gasteiger partial charge in [-0.1, -0.05) is 43.1 Å². The van der Waals surface area contributed by atoms with Crippen molar-refractivity contribution in [2.45, 2.75) is 72.6 Å². The Bertz CT molecular complexity index is 743. The predicted molar refractivity (Wildman–Crippen MR) is 110 cm³/mol. The lowest BCUT2D eigenvalue weighted by Gasteiger charge is -2.19. The highest BCUT2D eigenvalue weighted by Gasteiger charge is 2.37.